The van der Waals surface area contributed by atoms with Crippen molar-refractivity contribution in [2.45, 2.75) is 0 Å². The van der Waals surface area contributed by atoms with E-state index in [0.29, 0.717) is 0 Å². The molecule has 0 aromatic rings. The molecule has 7 heavy (non-hydrogen) atoms. The van der Waals surface area contributed by atoms with Crippen LogP contribution in [-0.4, -0.2) is 6.16 Å². The van der Waals surface area contributed by atoms with Gasteiger partial charge in [-0.15, -0.1) is 0 Å². The van der Waals surface area contributed by atoms with Crippen LogP contribution in [0.3, 0.4) is 0 Å². The molecule has 0 spiro atoms. The molecular formula is CH8CuN2O3. The summed E-state index contributed by atoms with van der Waals surface area (Å²) in [4.78, 5) is 8.33. The van der Waals surface area contributed by atoms with Gasteiger partial charge < -0.3 is 27.3 Å². The predicted molar refractivity (Wildman–Crippen MR) is 17.4 cm³/mol. The van der Waals surface area contributed by atoms with Gasteiger partial charge in [0.1, 0.15) is 0 Å². The summed E-state index contributed by atoms with van der Waals surface area (Å²) in [5.41, 5.74) is 0. The van der Waals surface area contributed by atoms with Crippen LogP contribution >= 0.6 is 0 Å². The van der Waals surface area contributed by atoms with Crippen molar-refractivity contribution in [3.8, 4) is 0 Å². The zero-order valence-electron chi connectivity index (χ0n) is 4.03. The van der Waals surface area contributed by atoms with Crippen molar-refractivity contribution in [2.75, 3.05) is 0 Å². The van der Waals surface area contributed by atoms with Gasteiger partial charge in [-0.05, 0) is 6.16 Å². The van der Waals surface area contributed by atoms with Gasteiger partial charge >= 0.3 is 0 Å². The molecule has 0 aliphatic rings. The van der Waals surface area contributed by atoms with Gasteiger partial charge in [0.05, 0.1) is 0 Å². The van der Waals surface area contributed by atoms with Gasteiger partial charge in [0.25, 0.3) is 0 Å². The third-order valence-corrected chi connectivity index (χ3v) is 0. The molecule has 0 aromatic carbocycles. The van der Waals surface area contributed by atoms with Crippen LogP contribution in [0.25, 0.3) is 0 Å². The molecule has 0 saturated heterocycles. The van der Waals surface area contributed by atoms with Gasteiger partial charge in [-0.25, -0.2) is 0 Å². The van der Waals surface area contributed by atoms with E-state index in [2.05, 4.69) is 0 Å². The Balaban J connectivity index is -0.0000000150. The molecule has 0 amide bonds. The topological polar surface area (TPSA) is 136 Å². The maximum atomic E-state index is 8.33. The summed E-state index contributed by atoms with van der Waals surface area (Å²) in [6.07, 6.45) is -2.33. The molecule has 8 N–H and O–H groups in total. The van der Waals surface area contributed by atoms with E-state index in [-0.39, 0.29) is 29.4 Å². The van der Waals surface area contributed by atoms with Gasteiger partial charge in [-0.1, -0.05) is 0 Å². The number of carboxylic acid groups (broad SMARTS) is 2. The number of carbonyl (C=O) groups is 1. The van der Waals surface area contributed by atoms with Crippen LogP contribution in [0.5, 0.6) is 0 Å². The van der Waals surface area contributed by atoms with E-state index < -0.39 is 6.16 Å². The van der Waals surface area contributed by atoms with Gasteiger partial charge in [0, 0.05) is 17.1 Å². The van der Waals surface area contributed by atoms with E-state index in [4.69, 9.17) is 15.0 Å². The van der Waals surface area contributed by atoms with E-state index in [0.717, 1.165) is 0 Å². The second-order valence-corrected chi connectivity index (χ2v) is 0.250. The predicted octanol–water partition coefficient (Wildman–Crippen LogP) is -1.70. The van der Waals surface area contributed by atoms with E-state index in [9.17, 15) is 0 Å². The van der Waals surface area contributed by atoms with Crippen molar-refractivity contribution in [3.05, 3.63) is 0 Å². The van der Waals surface area contributed by atoms with E-state index in [1.165, 1.54) is 0 Å². The van der Waals surface area contributed by atoms with E-state index in [1.54, 1.807) is 0 Å². The molecule has 0 aromatic heterocycles. The molecule has 0 aliphatic heterocycles. The van der Waals surface area contributed by atoms with Gasteiger partial charge in [-0.2, -0.15) is 0 Å². The molecule has 1 radical (unpaired) electrons. The van der Waals surface area contributed by atoms with Crippen LogP contribution in [0.4, 0.5) is 4.79 Å². The first-order valence-corrected chi connectivity index (χ1v) is 0.612. The van der Waals surface area contributed by atoms with E-state index in [1.807, 2.05) is 0 Å². The fourth-order valence-electron chi connectivity index (χ4n) is 0. The second kappa shape index (κ2) is 17.2. The largest absolute Gasteiger partial charge is 0.652 e. The Morgan fingerprint density at radius 2 is 1.14 bits per heavy atom. The first-order chi connectivity index (χ1) is 1.73. The molecule has 6 heteroatoms. The Kier molecular flexibility index (Phi) is 73.4. The van der Waals surface area contributed by atoms with Gasteiger partial charge in [0.2, 0.25) is 0 Å². The summed E-state index contributed by atoms with van der Waals surface area (Å²) in [5, 5.41) is 16.7. The number of quaternary nitrogens is 2. The summed E-state index contributed by atoms with van der Waals surface area (Å²) in [6, 6.07) is 0. The fourth-order valence-corrected chi connectivity index (χ4v) is 0. The van der Waals surface area contributed by atoms with Crippen molar-refractivity contribution < 1.29 is 32.1 Å². The SMILES string of the molecule is O=C([O-])[O-].[Cu].[NH4+].[NH4+]. The fraction of sp³-hybridized carbons (Fsp3) is 0. The Morgan fingerprint density at radius 1 is 1.14 bits per heavy atom. The molecular weight excluding hydrogens is 152 g/mol. The summed E-state index contributed by atoms with van der Waals surface area (Å²) in [5.74, 6) is 0. The van der Waals surface area contributed by atoms with Crippen molar-refractivity contribution >= 4 is 6.16 Å². The monoisotopic (exact) mass is 159 g/mol. The Morgan fingerprint density at radius 3 is 1.14 bits per heavy atom. The third-order valence-electron chi connectivity index (χ3n) is 0. The molecule has 0 heterocycles. The summed E-state index contributed by atoms with van der Waals surface area (Å²) >= 11 is 0. The van der Waals surface area contributed by atoms with Gasteiger partial charge in [-0.3, -0.25) is 0 Å². The molecule has 0 atom stereocenters. The quantitative estimate of drug-likeness (QED) is 0.408. The van der Waals surface area contributed by atoms with Crippen molar-refractivity contribution in [1.29, 1.82) is 0 Å². The Hall–Kier alpha value is -0.291. The molecule has 0 rings (SSSR count). The van der Waals surface area contributed by atoms with Crippen LogP contribution < -0.4 is 22.5 Å². The number of hydrogen-bond donors (Lipinski definition) is 2. The number of rotatable bonds is 0. The molecule has 0 fully saturated rings. The van der Waals surface area contributed by atoms with Crippen LogP contribution in [-0.2, 0) is 17.1 Å². The molecule has 0 saturated carbocycles. The zero-order valence-corrected chi connectivity index (χ0v) is 4.97. The average Bonchev–Trinajstić information content (AvgIpc) is 0.811. The van der Waals surface area contributed by atoms with Crippen LogP contribution in [0.15, 0.2) is 0 Å². The van der Waals surface area contributed by atoms with E-state index >= 15 is 0 Å². The first-order valence-electron chi connectivity index (χ1n) is 0.612. The van der Waals surface area contributed by atoms with Crippen molar-refractivity contribution in [2.24, 2.45) is 0 Å². The zero-order chi connectivity index (χ0) is 3.58. The average molecular weight is 160 g/mol. The molecule has 0 bridgehead atoms. The molecule has 51 valence electrons. The molecule has 5 nitrogen and oxygen atoms in total. The standard InChI is InChI=1S/CH2O3.Cu.2H3N/c2-1(3)4;;;/h(H2,2,3,4);;2*1H3. The maximum absolute atomic E-state index is 8.33. The van der Waals surface area contributed by atoms with Crippen molar-refractivity contribution in [3.63, 3.8) is 0 Å². The molecule has 0 unspecified atom stereocenters. The minimum absolute atomic E-state index is 0. The van der Waals surface area contributed by atoms with Crippen LogP contribution in [0.2, 0.25) is 0 Å². The molecule has 0 aliphatic carbocycles. The van der Waals surface area contributed by atoms with Crippen molar-refractivity contribution in [1.82, 2.24) is 12.3 Å². The third kappa shape index (κ3) is 931. The second-order valence-electron chi connectivity index (χ2n) is 0.250. The maximum Gasteiger partial charge on any atom is 0 e. The number of carbonyl (C=O) groups excluding carboxylic acids is 1. The van der Waals surface area contributed by atoms with Crippen LogP contribution in [0.1, 0.15) is 0 Å². The Bertz CT molecular complexity index is 35.9. The number of hydrogen-bond acceptors (Lipinski definition) is 3. The Labute approximate surface area is 51.4 Å². The summed E-state index contributed by atoms with van der Waals surface area (Å²) < 4.78 is 0. The minimum Gasteiger partial charge on any atom is -0.652 e. The summed E-state index contributed by atoms with van der Waals surface area (Å²) in [6.45, 7) is 0. The normalized spacial score (nSPS) is 3.43. The van der Waals surface area contributed by atoms with Gasteiger partial charge in [0.15, 0.2) is 0 Å². The van der Waals surface area contributed by atoms with Crippen LogP contribution in [0, 0.1) is 0 Å². The minimum atomic E-state index is -2.33. The first kappa shape index (κ1) is 29.8. The summed E-state index contributed by atoms with van der Waals surface area (Å²) in [7, 11) is 0. The smallest absolute Gasteiger partial charge is 0 e.